The largest absolute Gasteiger partial charge is 0.337 e. The summed E-state index contributed by atoms with van der Waals surface area (Å²) in [6.07, 6.45) is 0.400. The van der Waals surface area contributed by atoms with Gasteiger partial charge in [0.2, 0.25) is 10.0 Å². The Morgan fingerprint density at radius 1 is 1.20 bits per heavy atom. The Hall–Kier alpha value is -2.50. The Labute approximate surface area is 179 Å². The van der Waals surface area contributed by atoms with Crippen LogP contribution in [0.2, 0.25) is 5.02 Å². The molecule has 30 heavy (non-hydrogen) atoms. The van der Waals surface area contributed by atoms with E-state index in [2.05, 4.69) is 5.10 Å². The summed E-state index contributed by atoms with van der Waals surface area (Å²) in [7, 11) is -2.10. The average molecular weight is 456 g/mol. The van der Waals surface area contributed by atoms with Crippen LogP contribution in [0.4, 0.5) is 5.69 Å². The maximum absolute atomic E-state index is 13.2. The van der Waals surface area contributed by atoms with Crippen LogP contribution < -0.4 is 0 Å². The van der Waals surface area contributed by atoms with Gasteiger partial charge < -0.3 is 4.90 Å². The summed E-state index contributed by atoms with van der Waals surface area (Å²) < 4.78 is 29.2. The number of aryl methyl sites for hydroxylation is 2. The molecule has 0 atom stereocenters. The average Bonchev–Trinajstić information content (AvgIpc) is 2.85. The van der Waals surface area contributed by atoms with Crippen LogP contribution in [-0.2, 0) is 17.1 Å². The van der Waals surface area contributed by atoms with E-state index in [0.29, 0.717) is 17.8 Å². The van der Waals surface area contributed by atoms with Crippen LogP contribution in [0.25, 0.3) is 0 Å². The van der Waals surface area contributed by atoms with Gasteiger partial charge in [0.25, 0.3) is 11.6 Å². The molecule has 0 aliphatic carbocycles. The SMILES string of the molecule is Cc1nn(C)c(C)c1S(=O)(=O)N1CCCN(C(=O)c2cc(Cl)ccc2[N+](=O)[O-])CC1. The first-order valence-electron chi connectivity index (χ1n) is 9.27. The van der Waals surface area contributed by atoms with E-state index in [4.69, 9.17) is 11.6 Å². The molecular weight excluding hydrogens is 434 g/mol. The highest BCUT2D eigenvalue weighted by molar-refractivity contribution is 7.89. The van der Waals surface area contributed by atoms with E-state index >= 15 is 0 Å². The van der Waals surface area contributed by atoms with E-state index in [0.717, 1.165) is 0 Å². The monoisotopic (exact) mass is 455 g/mol. The number of hydrogen-bond donors (Lipinski definition) is 0. The van der Waals surface area contributed by atoms with Gasteiger partial charge in [-0.2, -0.15) is 9.40 Å². The second-order valence-electron chi connectivity index (χ2n) is 7.09. The van der Waals surface area contributed by atoms with Crippen molar-refractivity contribution >= 4 is 33.2 Å². The minimum Gasteiger partial charge on any atom is -0.337 e. The van der Waals surface area contributed by atoms with Crippen LogP contribution in [0, 0.1) is 24.0 Å². The molecular formula is C18H22ClN5O5S. The third-order valence-corrected chi connectivity index (χ3v) is 7.56. The fourth-order valence-corrected chi connectivity index (χ4v) is 5.64. The Balaban J connectivity index is 1.84. The molecule has 0 unspecified atom stereocenters. The van der Waals surface area contributed by atoms with E-state index in [9.17, 15) is 23.3 Å². The summed E-state index contributed by atoms with van der Waals surface area (Å²) in [6, 6.07) is 3.81. The predicted octanol–water partition coefficient (Wildman–Crippen LogP) is 2.14. The van der Waals surface area contributed by atoms with E-state index < -0.39 is 20.9 Å². The zero-order valence-electron chi connectivity index (χ0n) is 16.8. The van der Waals surface area contributed by atoms with Gasteiger partial charge in [-0.15, -0.1) is 0 Å². The maximum Gasteiger partial charge on any atom is 0.282 e. The molecule has 2 aromatic rings. The zero-order chi connectivity index (χ0) is 22.2. The normalized spacial score (nSPS) is 15.8. The van der Waals surface area contributed by atoms with Gasteiger partial charge in [0.15, 0.2) is 0 Å². The smallest absolute Gasteiger partial charge is 0.282 e. The molecule has 1 fully saturated rings. The molecule has 2 heterocycles. The summed E-state index contributed by atoms with van der Waals surface area (Å²) in [5, 5.41) is 15.7. The Bertz CT molecular complexity index is 1110. The van der Waals surface area contributed by atoms with Gasteiger partial charge in [-0.1, -0.05) is 11.6 Å². The zero-order valence-corrected chi connectivity index (χ0v) is 18.4. The van der Waals surface area contributed by atoms with Crippen molar-refractivity contribution in [2.45, 2.75) is 25.2 Å². The first-order valence-corrected chi connectivity index (χ1v) is 11.1. The van der Waals surface area contributed by atoms with Crippen LogP contribution in [0.1, 0.15) is 28.2 Å². The Kier molecular flexibility index (Phi) is 6.16. The number of carbonyl (C=O) groups is 1. The van der Waals surface area contributed by atoms with E-state index in [1.165, 1.54) is 32.1 Å². The number of halogens is 1. The summed E-state index contributed by atoms with van der Waals surface area (Å²) >= 11 is 5.93. The number of carbonyl (C=O) groups excluding carboxylic acids is 1. The van der Waals surface area contributed by atoms with Gasteiger partial charge in [0.1, 0.15) is 10.5 Å². The second kappa shape index (κ2) is 8.32. The van der Waals surface area contributed by atoms with Crippen molar-refractivity contribution in [2.24, 2.45) is 7.05 Å². The number of amides is 1. The van der Waals surface area contributed by atoms with Crippen molar-refractivity contribution in [1.29, 1.82) is 0 Å². The lowest BCUT2D eigenvalue weighted by atomic mass is 10.1. The molecule has 3 rings (SSSR count). The molecule has 1 aliphatic rings. The number of hydrogen-bond acceptors (Lipinski definition) is 6. The number of nitrogens with zero attached hydrogens (tertiary/aromatic N) is 5. The standard InChI is InChI=1S/C18H22ClN5O5S/c1-12-17(13(2)21(3)20-12)30(28,29)23-8-4-7-22(9-10-23)18(25)15-11-14(19)5-6-16(15)24(26)27/h5-6,11H,4,7-10H2,1-3H3. The third-order valence-electron chi connectivity index (χ3n) is 5.17. The van der Waals surface area contributed by atoms with Gasteiger partial charge in [0, 0.05) is 44.3 Å². The molecule has 1 aliphatic heterocycles. The third kappa shape index (κ3) is 4.05. The molecule has 0 spiro atoms. The molecule has 1 saturated heterocycles. The van der Waals surface area contributed by atoms with Crippen molar-refractivity contribution in [3.63, 3.8) is 0 Å². The summed E-state index contributed by atoms with van der Waals surface area (Å²) in [4.78, 5) is 25.2. The number of nitro groups is 1. The number of benzene rings is 1. The molecule has 10 nitrogen and oxygen atoms in total. The van der Waals surface area contributed by atoms with E-state index in [-0.39, 0.29) is 47.3 Å². The highest BCUT2D eigenvalue weighted by Crippen LogP contribution is 2.27. The van der Waals surface area contributed by atoms with E-state index in [1.807, 2.05) is 0 Å². The number of aromatic nitrogens is 2. The molecule has 0 radical (unpaired) electrons. The predicted molar refractivity (Wildman–Crippen MR) is 110 cm³/mol. The number of nitro benzene ring substituents is 1. The maximum atomic E-state index is 13.2. The molecule has 1 aromatic carbocycles. The number of sulfonamides is 1. The van der Waals surface area contributed by atoms with Crippen molar-refractivity contribution in [2.75, 3.05) is 26.2 Å². The summed E-state index contributed by atoms with van der Waals surface area (Å²) in [5.41, 5.74) is 0.517. The first-order chi connectivity index (χ1) is 14.0. The lowest BCUT2D eigenvalue weighted by Crippen LogP contribution is -2.37. The van der Waals surface area contributed by atoms with Gasteiger partial charge in [-0.25, -0.2) is 8.42 Å². The highest BCUT2D eigenvalue weighted by Gasteiger charge is 2.33. The van der Waals surface area contributed by atoms with Gasteiger partial charge >= 0.3 is 0 Å². The van der Waals surface area contributed by atoms with Gasteiger partial charge in [-0.05, 0) is 32.4 Å². The van der Waals surface area contributed by atoms with Crippen molar-refractivity contribution in [1.82, 2.24) is 19.0 Å². The minimum atomic E-state index is -3.79. The van der Waals surface area contributed by atoms with Crippen molar-refractivity contribution in [3.05, 3.63) is 50.3 Å². The van der Waals surface area contributed by atoms with Crippen molar-refractivity contribution < 1.29 is 18.1 Å². The summed E-state index contributed by atoms with van der Waals surface area (Å²) in [5.74, 6) is -0.544. The molecule has 0 N–H and O–H groups in total. The molecule has 0 saturated carbocycles. The van der Waals surface area contributed by atoms with Crippen LogP contribution >= 0.6 is 11.6 Å². The lowest BCUT2D eigenvalue weighted by molar-refractivity contribution is -0.385. The minimum absolute atomic E-state index is 0.0796. The Morgan fingerprint density at radius 2 is 1.90 bits per heavy atom. The molecule has 12 heteroatoms. The molecule has 162 valence electrons. The Morgan fingerprint density at radius 3 is 2.50 bits per heavy atom. The second-order valence-corrected chi connectivity index (χ2v) is 9.40. The quantitative estimate of drug-likeness (QED) is 0.514. The van der Waals surface area contributed by atoms with Crippen LogP contribution in [0.15, 0.2) is 23.1 Å². The summed E-state index contributed by atoms with van der Waals surface area (Å²) in [6.45, 7) is 4.04. The van der Waals surface area contributed by atoms with Crippen LogP contribution in [0.5, 0.6) is 0 Å². The van der Waals surface area contributed by atoms with Gasteiger partial charge in [-0.3, -0.25) is 19.6 Å². The van der Waals surface area contributed by atoms with Gasteiger partial charge in [0.05, 0.1) is 16.3 Å². The topological polar surface area (TPSA) is 119 Å². The number of rotatable bonds is 4. The first kappa shape index (κ1) is 22.2. The molecule has 1 amide bonds. The lowest BCUT2D eigenvalue weighted by Gasteiger charge is -2.22. The van der Waals surface area contributed by atoms with Crippen LogP contribution in [0.3, 0.4) is 0 Å². The van der Waals surface area contributed by atoms with Crippen molar-refractivity contribution in [3.8, 4) is 0 Å². The molecule has 0 bridgehead atoms. The fourth-order valence-electron chi connectivity index (χ4n) is 3.60. The van der Waals surface area contributed by atoms with E-state index in [1.54, 1.807) is 20.9 Å². The molecule has 1 aromatic heterocycles. The highest BCUT2D eigenvalue weighted by atomic mass is 35.5. The fraction of sp³-hybridized carbons (Fsp3) is 0.444. The van der Waals surface area contributed by atoms with Crippen LogP contribution in [-0.4, -0.2) is 64.4 Å².